The first-order valence-electron chi connectivity index (χ1n) is 7.29. The van der Waals surface area contributed by atoms with Crippen molar-refractivity contribution in [3.63, 3.8) is 0 Å². The lowest BCUT2D eigenvalue weighted by Gasteiger charge is -2.10. The maximum absolute atomic E-state index is 12.0. The number of ether oxygens (including phenoxy) is 1. The average molecular weight is 314 g/mol. The minimum Gasteiger partial charge on any atom is -0.380 e. The highest BCUT2D eigenvalue weighted by atomic mass is 32.2. The molecule has 0 unspecified atom stereocenters. The smallest absolute Gasteiger partial charge is 0.215 e. The third kappa shape index (κ3) is 8.16. The standard InChI is InChI=1S/C15H26N2O3S/c1-4-20-9-8-17-21(18,19)12-15-7-5-6-14(10-15)11-16-13(2)3/h5-7,10,13,16-17H,4,8-9,11-12H2,1-3H3. The van der Waals surface area contributed by atoms with E-state index in [0.29, 0.717) is 25.8 Å². The first kappa shape index (κ1) is 18.1. The van der Waals surface area contributed by atoms with E-state index in [9.17, 15) is 8.42 Å². The second-order valence-corrected chi connectivity index (χ2v) is 7.01. The van der Waals surface area contributed by atoms with Crippen LogP contribution in [0.2, 0.25) is 0 Å². The van der Waals surface area contributed by atoms with E-state index in [1.54, 1.807) is 0 Å². The van der Waals surface area contributed by atoms with Gasteiger partial charge < -0.3 is 10.1 Å². The van der Waals surface area contributed by atoms with Gasteiger partial charge in [-0.2, -0.15) is 0 Å². The summed E-state index contributed by atoms with van der Waals surface area (Å²) in [5.41, 5.74) is 1.88. The van der Waals surface area contributed by atoms with Gasteiger partial charge in [0.2, 0.25) is 10.0 Å². The highest BCUT2D eigenvalue weighted by molar-refractivity contribution is 7.88. The second kappa shape index (κ2) is 9.15. The summed E-state index contributed by atoms with van der Waals surface area (Å²) in [7, 11) is -3.31. The molecule has 0 saturated carbocycles. The minimum atomic E-state index is -3.31. The molecule has 1 aromatic rings. The molecule has 0 spiro atoms. The lowest BCUT2D eigenvalue weighted by atomic mass is 10.1. The van der Waals surface area contributed by atoms with E-state index in [1.165, 1.54) is 0 Å². The van der Waals surface area contributed by atoms with Crippen molar-refractivity contribution < 1.29 is 13.2 Å². The quantitative estimate of drug-likeness (QED) is 0.644. The monoisotopic (exact) mass is 314 g/mol. The Hall–Kier alpha value is -0.950. The number of hydrogen-bond donors (Lipinski definition) is 2. The number of rotatable bonds is 10. The second-order valence-electron chi connectivity index (χ2n) is 5.21. The Labute approximate surface area is 128 Å². The van der Waals surface area contributed by atoms with Crippen LogP contribution in [0.25, 0.3) is 0 Å². The number of sulfonamides is 1. The fraction of sp³-hybridized carbons (Fsp3) is 0.600. The first-order valence-corrected chi connectivity index (χ1v) is 8.94. The first-order chi connectivity index (χ1) is 9.93. The Morgan fingerprint density at radius 1 is 1.24 bits per heavy atom. The lowest BCUT2D eigenvalue weighted by Crippen LogP contribution is -2.28. The van der Waals surface area contributed by atoms with Crippen LogP contribution in [-0.4, -0.2) is 34.2 Å². The van der Waals surface area contributed by atoms with Crippen molar-refractivity contribution >= 4 is 10.0 Å². The Kier molecular flexibility index (Phi) is 7.88. The Morgan fingerprint density at radius 3 is 2.62 bits per heavy atom. The van der Waals surface area contributed by atoms with Gasteiger partial charge in [0.1, 0.15) is 0 Å². The van der Waals surface area contributed by atoms with Gasteiger partial charge in [-0.15, -0.1) is 0 Å². The fourth-order valence-electron chi connectivity index (χ4n) is 1.84. The van der Waals surface area contributed by atoms with Crippen molar-refractivity contribution in [2.75, 3.05) is 19.8 Å². The van der Waals surface area contributed by atoms with E-state index in [2.05, 4.69) is 23.9 Å². The minimum absolute atomic E-state index is 0.00531. The summed E-state index contributed by atoms with van der Waals surface area (Å²) in [6.45, 7) is 8.08. The molecular weight excluding hydrogens is 288 g/mol. The molecule has 0 amide bonds. The molecule has 0 atom stereocenters. The lowest BCUT2D eigenvalue weighted by molar-refractivity contribution is 0.153. The van der Waals surface area contributed by atoms with E-state index < -0.39 is 10.0 Å². The van der Waals surface area contributed by atoms with Crippen LogP contribution in [0.3, 0.4) is 0 Å². The predicted molar refractivity (Wildman–Crippen MR) is 85.5 cm³/mol. The third-order valence-electron chi connectivity index (χ3n) is 2.84. The van der Waals surface area contributed by atoms with Crippen LogP contribution in [0.4, 0.5) is 0 Å². The molecule has 0 aromatic heterocycles. The summed E-state index contributed by atoms with van der Waals surface area (Å²) >= 11 is 0. The SMILES string of the molecule is CCOCCNS(=O)(=O)Cc1cccc(CNC(C)C)c1. The van der Waals surface area contributed by atoms with Gasteiger partial charge in [0, 0.05) is 25.7 Å². The molecule has 120 valence electrons. The van der Waals surface area contributed by atoms with Gasteiger partial charge in [-0.05, 0) is 18.1 Å². The molecule has 6 heteroatoms. The fourth-order valence-corrected chi connectivity index (χ4v) is 2.95. The van der Waals surface area contributed by atoms with E-state index in [4.69, 9.17) is 4.74 Å². The molecule has 0 aliphatic carbocycles. The molecule has 0 aliphatic heterocycles. The van der Waals surface area contributed by atoms with Gasteiger partial charge in [-0.3, -0.25) is 0 Å². The Morgan fingerprint density at radius 2 is 1.95 bits per heavy atom. The molecule has 1 rings (SSSR count). The zero-order valence-electron chi connectivity index (χ0n) is 13.1. The van der Waals surface area contributed by atoms with Gasteiger partial charge in [-0.1, -0.05) is 38.1 Å². The van der Waals surface area contributed by atoms with Gasteiger partial charge >= 0.3 is 0 Å². The predicted octanol–water partition coefficient (Wildman–Crippen LogP) is 1.64. The zero-order valence-corrected chi connectivity index (χ0v) is 13.9. The molecule has 0 saturated heterocycles. The third-order valence-corrected chi connectivity index (χ3v) is 4.19. The summed E-state index contributed by atoms with van der Waals surface area (Å²) in [5.74, 6) is -0.00531. The maximum Gasteiger partial charge on any atom is 0.215 e. The van der Waals surface area contributed by atoms with Crippen molar-refractivity contribution in [2.45, 2.75) is 39.1 Å². The van der Waals surface area contributed by atoms with Crippen LogP contribution < -0.4 is 10.0 Å². The largest absolute Gasteiger partial charge is 0.380 e. The highest BCUT2D eigenvalue weighted by Crippen LogP contribution is 2.09. The molecular formula is C15H26N2O3S. The number of hydrogen-bond acceptors (Lipinski definition) is 4. The number of nitrogens with one attached hydrogen (secondary N) is 2. The molecule has 0 heterocycles. The molecule has 5 nitrogen and oxygen atoms in total. The summed E-state index contributed by atoms with van der Waals surface area (Å²) in [5, 5.41) is 3.32. The van der Waals surface area contributed by atoms with Crippen molar-refractivity contribution in [1.29, 1.82) is 0 Å². The van der Waals surface area contributed by atoms with Crippen LogP contribution in [0.5, 0.6) is 0 Å². The molecule has 0 aliphatic rings. The molecule has 0 radical (unpaired) electrons. The van der Waals surface area contributed by atoms with E-state index in [1.807, 2.05) is 31.2 Å². The number of benzene rings is 1. The van der Waals surface area contributed by atoms with E-state index in [-0.39, 0.29) is 5.75 Å². The van der Waals surface area contributed by atoms with Gasteiger partial charge in [0.05, 0.1) is 12.4 Å². The van der Waals surface area contributed by atoms with Gasteiger partial charge in [0.25, 0.3) is 0 Å². The summed E-state index contributed by atoms with van der Waals surface area (Å²) in [6.07, 6.45) is 0. The highest BCUT2D eigenvalue weighted by Gasteiger charge is 2.11. The molecule has 2 N–H and O–H groups in total. The normalized spacial score (nSPS) is 12.0. The maximum atomic E-state index is 12.0. The molecule has 0 bridgehead atoms. The molecule has 0 fully saturated rings. The van der Waals surface area contributed by atoms with Crippen LogP contribution in [0.1, 0.15) is 31.9 Å². The van der Waals surface area contributed by atoms with Crippen LogP contribution >= 0.6 is 0 Å². The molecule has 21 heavy (non-hydrogen) atoms. The van der Waals surface area contributed by atoms with Crippen molar-refractivity contribution in [3.8, 4) is 0 Å². The van der Waals surface area contributed by atoms with Gasteiger partial charge in [0.15, 0.2) is 0 Å². The van der Waals surface area contributed by atoms with E-state index in [0.717, 1.165) is 17.7 Å². The van der Waals surface area contributed by atoms with Crippen LogP contribution in [0.15, 0.2) is 24.3 Å². The summed E-state index contributed by atoms with van der Waals surface area (Å²) < 4.78 is 31.6. The molecule has 1 aromatic carbocycles. The zero-order chi connectivity index (χ0) is 15.7. The van der Waals surface area contributed by atoms with Crippen LogP contribution in [0, 0.1) is 0 Å². The van der Waals surface area contributed by atoms with Crippen molar-refractivity contribution in [1.82, 2.24) is 10.0 Å². The Bertz CT molecular complexity index is 515. The van der Waals surface area contributed by atoms with Gasteiger partial charge in [-0.25, -0.2) is 13.1 Å². The summed E-state index contributed by atoms with van der Waals surface area (Å²) in [4.78, 5) is 0. The van der Waals surface area contributed by atoms with Crippen LogP contribution in [-0.2, 0) is 27.1 Å². The average Bonchev–Trinajstić information content (AvgIpc) is 2.41. The van der Waals surface area contributed by atoms with E-state index >= 15 is 0 Å². The Balaban J connectivity index is 2.54. The van der Waals surface area contributed by atoms with Crippen molar-refractivity contribution in [3.05, 3.63) is 35.4 Å². The topological polar surface area (TPSA) is 67.4 Å². The van der Waals surface area contributed by atoms with Crippen molar-refractivity contribution in [2.24, 2.45) is 0 Å². The summed E-state index contributed by atoms with van der Waals surface area (Å²) in [6, 6.07) is 8.05.